The van der Waals surface area contributed by atoms with Crippen LogP contribution in [0.3, 0.4) is 0 Å². The van der Waals surface area contributed by atoms with Crippen LogP contribution in [0.4, 0.5) is 4.39 Å². The van der Waals surface area contributed by atoms with Crippen LogP contribution in [0.15, 0.2) is 40.2 Å². The molecule has 3 aromatic rings. The van der Waals surface area contributed by atoms with Crippen molar-refractivity contribution in [3.8, 4) is 0 Å². The number of halogens is 2. The SMILES string of the molecule is O=c1c2c(nc3cc[nH]n13)CN(S(=O)(=O)c1ccc(F)c(Cl)c1)CC2. The molecule has 0 unspecified atom stereocenters. The first-order valence-corrected chi connectivity index (χ1v) is 9.23. The highest BCUT2D eigenvalue weighted by Gasteiger charge is 2.31. The van der Waals surface area contributed by atoms with Gasteiger partial charge in [-0.2, -0.15) is 4.31 Å². The lowest BCUT2D eigenvalue weighted by Gasteiger charge is -2.27. The summed E-state index contributed by atoms with van der Waals surface area (Å²) in [7, 11) is -3.87. The summed E-state index contributed by atoms with van der Waals surface area (Å²) >= 11 is 5.70. The summed E-state index contributed by atoms with van der Waals surface area (Å²) in [6.07, 6.45) is 1.83. The number of aromatic amines is 1. The summed E-state index contributed by atoms with van der Waals surface area (Å²) in [6.45, 7) is 0.109. The summed E-state index contributed by atoms with van der Waals surface area (Å²) < 4.78 is 41.4. The van der Waals surface area contributed by atoms with Gasteiger partial charge in [0.05, 0.1) is 22.2 Å². The maximum Gasteiger partial charge on any atom is 0.276 e. The van der Waals surface area contributed by atoms with Crippen LogP contribution < -0.4 is 5.56 Å². The minimum absolute atomic E-state index is 0.0242. The van der Waals surface area contributed by atoms with Crippen LogP contribution in [0.2, 0.25) is 5.02 Å². The highest BCUT2D eigenvalue weighted by Crippen LogP contribution is 2.26. The second-order valence-corrected chi connectivity index (χ2v) is 8.01. The molecule has 0 aliphatic carbocycles. The van der Waals surface area contributed by atoms with E-state index in [4.69, 9.17) is 11.6 Å². The second-order valence-electron chi connectivity index (χ2n) is 5.66. The molecule has 10 heteroatoms. The molecule has 0 atom stereocenters. The van der Waals surface area contributed by atoms with E-state index in [-0.39, 0.29) is 35.0 Å². The molecule has 3 heterocycles. The van der Waals surface area contributed by atoms with E-state index in [0.29, 0.717) is 16.9 Å². The number of rotatable bonds is 2. The molecular formula is C15H12ClFN4O3S. The summed E-state index contributed by atoms with van der Waals surface area (Å²) in [5.74, 6) is -0.686. The molecule has 25 heavy (non-hydrogen) atoms. The number of aromatic nitrogens is 3. The van der Waals surface area contributed by atoms with Crippen molar-refractivity contribution in [3.63, 3.8) is 0 Å². The normalized spacial score (nSPS) is 15.4. The Morgan fingerprint density at radius 1 is 1.28 bits per heavy atom. The van der Waals surface area contributed by atoms with E-state index >= 15 is 0 Å². The van der Waals surface area contributed by atoms with Crippen molar-refractivity contribution in [2.75, 3.05) is 6.54 Å². The molecule has 1 aliphatic heterocycles. The minimum Gasteiger partial charge on any atom is -0.297 e. The summed E-state index contributed by atoms with van der Waals surface area (Å²) in [5, 5.41) is 2.52. The average molecular weight is 383 g/mol. The Bertz CT molecular complexity index is 1160. The minimum atomic E-state index is -3.87. The Labute approximate surface area is 146 Å². The molecule has 0 spiro atoms. The number of nitrogens with one attached hydrogen (secondary N) is 1. The predicted molar refractivity (Wildman–Crippen MR) is 88.5 cm³/mol. The molecule has 1 N–H and O–H groups in total. The summed E-state index contributed by atoms with van der Waals surface area (Å²) in [5.41, 5.74) is 1.11. The Morgan fingerprint density at radius 2 is 2.08 bits per heavy atom. The van der Waals surface area contributed by atoms with Gasteiger partial charge >= 0.3 is 0 Å². The third kappa shape index (κ3) is 2.55. The molecule has 130 valence electrons. The first-order valence-electron chi connectivity index (χ1n) is 7.41. The number of benzene rings is 1. The fraction of sp³-hybridized carbons (Fsp3) is 0.200. The van der Waals surface area contributed by atoms with Gasteiger partial charge in [-0.1, -0.05) is 11.6 Å². The lowest BCUT2D eigenvalue weighted by Crippen LogP contribution is -2.39. The van der Waals surface area contributed by atoms with Crippen molar-refractivity contribution in [3.05, 3.63) is 62.9 Å². The largest absolute Gasteiger partial charge is 0.297 e. The van der Waals surface area contributed by atoms with Crippen molar-refractivity contribution >= 4 is 27.3 Å². The first kappa shape index (κ1) is 16.2. The van der Waals surface area contributed by atoms with Gasteiger partial charge in [0, 0.05) is 24.4 Å². The van der Waals surface area contributed by atoms with Crippen LogP contribution in [-0.2, 0) is 23.0 Å². The Balaban J connectivity index is 1.75. The van der Waals surface area contributed by atoms with E-state index in [1.54, 1.807) is 12.3 Å². The van der Waals surface area contributed by atoms with Gasteiger partial charge in [-0.05, 0) is 24.6 Å². The zero-order valence-corrected chi connectivity index (χ0v) is 14.3. The zero-order valence-electron chi connectivity index (χ0n) is 12.7. The third-order valence-corrected chi connectivity index (χ3v) is 6.32. The smallest absolute Gasteiger partial charge is 0.276 e. The fourth-order valence-electron chi connectivity index (χ4n) is 2.90. The summed E-state index contributed by atoms with van der Waals surface area (Å²) in [4.78, 5) is 16.7. The van der Waals surface area contributed by atoms with Crippen molar-refractivity contribution < 1.29 is 12.8 Å². The van der Waals surface area contributed by atoms with E-state index in [9.17, 15) is 17.6 Å². The summed E-state index contributed by atoms with van der Waals surface area (Å²) in [6, 6.07) is 4.90. The van der Waals surface area contributed by atoms with Crippen LogP contribution in [0, 0.1) is 5.82 Å². The molecule has 2 aromatic heterocycles. The van der Waals surface area contributed by atoms with Gasteiger partial charge in [-0.3, -0.25) is 9.89 Å². The number of nitrogens with zero attached hydrogens (tertiary/aromatic N) is 3. The average Bonchev–Trinajstić information content (AvgIpc) is 3.05. The van der Waals surface area contributed by atoms with Gasteiger partial charge in [-0.15, -0.1) is 0 Å². The molecule has 0 fully saturated rings. The van der Waals surface area contributed by atoms with Crippen molar-refractivity contribution in [1.82, 2.24) is 18.9 Å². The van der Waals surface area contributed by atoms with Crippen molar-refractivity contribution in [2.45, 2.75) is 17.9 Å². The monoisotopic (exact) mass is 382 g/mol. The molecular weight excluding hydrogens is 371 g/mol. The molecule has 0 saturated carbocycles. The fourth-order valence-corrected chi connectivity index (χ4v) is 4.57. The van der Waals surface area contributed by atoms with Crippen LogP contribution in [-0.4, -0.2) is 33.9 Å². The standard InChI is InChI=1S/C15H12ClFN4O3S/c16-11-7-9(1-2-12(11)17)25(23,24)20-6-4-10-13(8-20)19-14-3-5-18-21(14)15(10)22/h1-3,5,7,18H,4,6,8H2. The molecule has 0 saturated heterocycles. The van der Waals surface area contributed by atoms with Gasteiger partial charge in [-0.25, -0.2) is 22.3 Å². The molecule has 0 radical (unpaired) electrons. The topological polar surface area (TPSA) is 87.5 Å². The van der Waals surface area contributed by atoms with Gasteiger partial charge < -0.3 is 0 Å². The van der Waals surface area contributed by atoms with E-state index in [1.165, 1.54) is 14.9 Å². The molecule has 0 bridgehead atoms. The zero-order chi connectivity index (χ0) is 17.8. The van der Waals surface area contributed by atoms with Gasteiger partial charge in [0.15, 0.2) is 5.65 Å². The number of sulfonamides is 1. The van der Waals surface area contributed by atoms with Crippen molar-refractivity contribution in [1.29, 1.82) is 0 Å². The lowest BCUT2D eigenvalue weighted by molar-refractivity contribution is 0.383. The van der Waals surface area contributed by atoms with Crippen molar-refractivity contribution in [2.24, 2.45) is 0 Å². The molecule has 0 amide bonds. The highest BCUT2D eigenvalue weighted by molar-refractivity contribution is 7.89. The predicted octanol–water partition coefficient (Wildman–Crippen LogP) is 1.56. The van der Waals surface area contributed by atoms with E-state index in [2.05, 4.69) is 10.1 Å². The highest BCUT2D eigenvalue weighted by atomic mass is 35.5. The molecule has 1 aromatic carbocycles. The Morgan fingerprint density at radius 3 is 2.84 bits per heavy atom. The van der Waals surface area contributed by atoms with Gasteiger partial charge in [0.2, 0.25) is 10.0 Å². The molecule has 7 nitrogen and oxygen atoms in total. The van der Waals surface area contributed by atoms with E-state index < -0.39 is 15.8 Å². The van der Waals surface area contributed by atoms with Crippen LogP contribution in [0.5, 0.6) is 0 Å². The van der Waals surface area contributed by atoms with Gasteiger partial charge in [0.25, 0.3) is 5.56 Å². The number of hydrogen-bond acceptors (Lipinski definition) is 4. The third-order valence-electron chi connectivity index (χ3n) is 4.19. The van der Waals surface area contributed by atoms with E-state index in [1.807, 2.05) is 0 Å². The molecule has 4 rings (SSSR count). The maximum absolute atomic E-state index is 13.3. The quantitative estimate of drug-likeness (QED) is 0.728. The number of H-pyrrole nitrogens is 1. The Kier molecular flexibility index (Phi) is 3.67. The lowest BCUT2D eigenvalue weighted by atomic mass is 10.1. The van der Waals surface area contributed by atoms with Gasteiger partial charge in [0.1, 0.15) is 5.82 Å². The van der Waals surface area contributed by atoms with E-state index in [0.717, 1.165) is 12.1 Å². The first-order chi connectivity index (χ1) is 11.9. The van der Waals surface area contributed by atoms with Crippen LogP contribution in [0.1, 0.15) is 11.3 Å². The second kappa shape index (κ2) is 5.65. The maximum atomic E-state index is 13.3. The number of fused-ring (bicyclic) bond motifs is 2. The Hall–Kier alpha value is -2.23. The van der Waals surface area contributed by atoms with Crippen LogP contribution >= 0.6 is 11.6 Å². The number of hydrogen-bond donors (Lipinski definition) is 1. The van der Waals surface area contributed by atoms with Crippen LogP contribution in [0.25, 0.3) is 5.65 Å². The molecule has 1 aliphatic rings.